The normalized spacial score (nSPS) is 10.5. The molecule has 1 heterocycles. The zero-order valence-corrected chi connectivity index (χ0v) is 15.7. The van der Waals surface area contributed by atoms with Gasteiger partial charge in [-0.25, -0.2) is 0 Å². The van der Waals surface area contributed by atoms with Crippen molar-refractivity contribution >= 4 is 11.6 Å². The van der Waals surface area contributed by atoms with Crippen molar-refractivity contribution in [2.45, 2.75) is 20.4 Å². The first-order valence-corrected chi connectivity index (χ1v) is 8.38. The summed E-state index contributed by atoms with van der Waals surface area (Å²) in [5.41, 5.74) is 3.43. The molecule has 0 aliphatic heterocycles. The van der Waals surface area contributed by atoms with Crippen molar-refractivity contribution in [3.63, 3.8) is 0 Å². The maximum atomic E-state index is 12.4. The molecule has 1 amide bonds. The van der Waals surface area contributed by atoms with Crippen LogP contribution in [0.5, 0.6) is 11.5 Å². The Bertz CT molecular complexity index is 947. The van der Waals surface area contributed by atoms with Gasteiger partial charge in [-0.15, -0.1) is 10.2 Å². The van der Waals surface area contributed by atoms with Crippen LogP contribution >= 0.6 is 0 Å². The van der Waals surface area contributed by atoms with E-state index in [-0.39, 0.29) is 12.5 Å². The number of rotatable bonds is 6. The number of ether oxygens (including phenoxy) is 2. The van der Waals surface area contributed by atoms with Gasteiger partial charge in [-0.3, -0.25) is 4.79 Å². The molecular formula is C19H21N5O3. The molecule has 0 unspecified atom stereocenters. The van der Waals surface area contributed by atoms with Crippen LogP contribution in [0.3, 0.4) is 0 Å². The molecule has 0 saturated heterocycles. The Balaban J connectivity index is 1.78. The lowest BCUT2D eigenvalue weighted by Crippen LogP contribution is -2.21. The smallest absolute Gasteiger partial charge is 0.248 e. The van der Waals surface area contributed by atoms with E-state index in [0.29, 0.717) is 22.9 Å². The lowest BCUT2D eigenvalue weighted by atomic mass is 10.1. The minimum absolute atomic E-state index is 0.0486. The summed E-state index contributed by atoms with van der Waals surface area (Å²) < 4.78 is 10.7. The van der Waals surface area contributed by atoms with E-state index in [2.05, 4.69) is 20.7 Å². The van der Waals surface area contributed by atoms with Gasteiger partial charge in [-0.1, -0.05) is 24.3 Å². The predicted molar refractivity (Wildman–Crippen MR) is 101 cm³/mol. The third-order valence-corrected chi connectivity index (χ3v) is 4.13. The number of methoxy groups -OCH3 is 2. The predicted octanol–water partition coefficient (Wildman–Crippen LogP) is 2.61. The van der Waals surface area contributed by atoms with E-state index in [1.807, 2.05) is 38.1 Å². The van der Waals surface area contributed by atoms with E-state index < -0.39 is 0 Å². The summed E-state index contributed by atoms with van der Waals surface area (Å²) in [6.07, 6.45) is 0. The number of aromatic nitrogens is 4. The minimum Gasteiger partial charge on any atom is -0.493 e. The summed E-state index contributed by atoms with van der Waals surface area (Å²) >= 11 is 0. The van der Waals surface area contributed by atoms with Crippen LogP contribution in [0.2, 0.25) is 0 Å². The topological polar surface area (TPSA) is 91.2 Å². The molecule has 8 nitrogen and oxygen atoms in total. The van der Waals surface area contributed by atoms with Crippen LogP contribution in [0.15, 0.2) is 36.4 Å². The maximum Gasteiger partial charge on any atom is 0.248 e. The highest BCUT2D eigenvalue weighted by molar-refractivity contribution is 5.92. The highest BCUT2D eigenvalue weighted by atomic mass is 16.5. The van der Waals surface area contributed by atoms with Crippen molar-refractivity contribution in [1.82, 2.24) is 20.2 Å². The first-order valence-electron chi connectivity index (χ1n) is 8.38. The van der Waals surface area contributed by atoms with Gasteiger partial charge in [0.25, 0.3) is 0 Å². The van der Waals surface area contributed by atoms with E-state index >= 15 is 0 Å². The standard InChI is InChI=1S/C19H21N5O3/c1-12-7-5-8-13(2)17(12)20-16(25)11-24-22-19(21-23-24)14-9-6-10-15(26-3)18(14)27-4/h5-10H,11H2,1-4H3,(H,20,25). The summed E-state index contributed by atoms with van der Waals surface area (Å²) in [5, 5.41) is 15.2. The van der Waals surface area contributed by atoms with Crippen LogP contribution in [0.25, 0.3) is 11.4 Å². The number of anilines is 1. The molecule has 27 heavy (non-hydrogen) atoms. The molecule has 1 aromatic heterocycles. The van der Waals surface area contributed by atoms with E-state index in [1.165, 1.54) is 4.80 Å². The number of tetrazole rings is 1. The Morgan fingerprint density at radius 1 is 1.07 bits per heavy atom. The summed E-state index contributed by atoms with van der Waals surface area (Å²) in [4.78, 5) is 13.6. The van der Waals surface area contributed by atoms with Crippen molar-refractivity contribution in [1.29, 1.82) is 0 Å². The van der Waals surface area contributed by atoms with Crippen molar-refractivity contribution in [2.75, 3.05) is 19.5 Å². The Morgan fingerprint density at radius 2 is 1.78 bits per heavy atom. The first-order chi connectivity index (χ1) is 13.0. The van der Waals surface area contributed by atoms with Crippen LogP contribution < -0.4 is 14.8 Å². The largest absolute Gasteiger partial charge is 0.493 e. The van der Waals surface area contributed by atoms with Crippen molar-refractivity contribution in [3.05, 3.63) is 47.5 Å². The van der Waals surface area contributed by atoms with Gasteiger partial charge in [0.2, 0.25) is 11.7 Å². The van der Waals surface area contributed by atoms with Crippen molar-refractivity contribution in [2.24, 2.45) is 0 Å². The molecule has 0 bridgehead atoms. The van der Waals surface area contributed by atoms with Gasteiger partial charge in [-0.05, 0) is 42.3 Å². The molecule has 140 valence electrons. The van der Waals surface area contributed by atoms with Gasteiger partial charge in [0.15, 0.2) is 11.5 Å². The van der Waals surface area contributed by atoms with Gasteiger partial charge in [-0.2, -0.15) is 4.80 Å². The molecule has 0 aliphatic carbocycles. The Hall–Kier alpha value is -3.42. The molecule has 2 aromatic carbocycles. The lowest BCUT2D eigenvalue weighted by Gasteiger charge is -2.11. The second kappa shape index (κ2) is 7.86. The average molecular weight is 367 g/mol. The number of nitrogens with one attached hydrogen (secondary N) is 1. The monoisotopic (exact) mass is 367 g/mol. The number of amides is 1. The van der Waals surface area contributed by atoms with Gasteiger partial charge in [0.1, 0.15) is 6.54 Å². The Kier molecular flexibility index (Phi) is 5.35. The molecule has 8 heteroatoms. The van der Waals surface area contributed by atoms with Gasteiger partial charge >= 0.3 is 0 Å². The van der Waals surface area contributed by atoms with Crippen molar-refractivity contribution < 1.29 is 14.3 Å². The van der Waals surface area contributed by atoms with Gasteiger partial charge in [0.05, 0.1) is 19.8 Å². The highest BCUT2D eigenvalue weighted by Gasteiger charge is 2.17. The maximum absolute atomic E-state index is 12.4. The third kappa shape index (κ3) is 3.89. The second-order valence-electron chi connectivity index (χ2n) is 6.00. The molecule has 0 radical (unpaired) electrons. The molecule has 0 aliphatic rings. The molecule has 1 N–H and O–H groups in total. The number of aryl methyl sites for hydroxylation is 2. The SMILES string of the molecule is COc1cccc(-c2nnn(CC(=O)Nc3c(C)cccc3C)n2)c1OC. The minimum atomic E-state index is -0.228. The quantitative estimate of drug-likeness (QED) is 0.720. The molecular weight excluding hydrogens is 346 g/mol. The molecule has 0 atom stereocenters. The van der Waals surface area contributed by atoms with E-state index in [1.54, 1.807) is 26.4 Å². The zero-order chi connectivity index (χ0) is 19.4. The highest BCUT2D eigenvalue weighted by Crippen LogP contribution is 2.35. The summed E-state index contributed by atoms with van der Waals surface area (Å²) in [5.74, 6) is 1.21. The van der Waals surface area contributed by atoms with E-state index in [4.69, 9.17) is 9.47 Å². The third-order valence-electron chi connectivity index (χ3n) is 4.13. The zero-order valence-electron chi connectivity index (χ0n) is 15.7. The summed E-state index contributed by atoms with van der Waals surface area (Å²) in [7, 11) is 3.10. The fourth-order valence-electron chi connectivity index (χ4n) is 2.80. The second-order valence-corrected chi connectivity index (χ2v) is 6.00. The number of nitrogens with zero attached hydrogens (tertiary/aromatic N) is 4. The van der Waals surface area contributed by atoms with Crippen LogP contribution in [0.4, 0.5) is 5.69 Å². The van der Waals surface area contributed by atoms with Gasteiger partial charge in [0, 0.05) is 5.69 Å². The number of hydrogen-bond donors (Lipinski definition) is 1. The average Bonchev–Trinajstić information content (AvgIpc) is 3.12. The number of hydrogen-bond acceptors (Lipinski definition) is 6. The fraction of sp³-hybridized carbons (Fsp3) is 0.263. The van der Waals surface area contributed by atoms with E-state index in [9.17, 15) is 4.79 Å². The van der Waals surface area contributed by atoms with Crippen LogP contribution in [-0.2, 0) is 11.3 Å². The lowest BCUT2D eigenvalue weighted by molar-refractivity contribution is -0.117. The molecule has 0 saturated carbocycles. The Morgan fingerprint density at radius 3 is 2.44 bits per heavy atom. The molecule has 3 rings (SSSR count). The van der Waals surface area contributed by atoms with Crippen LogP contribution in [0.1, 0.15) is 11.1 Å². The first kappa shape index (κ1) is 18.4. The van der Waals surface area contributed by atoms with E-state index in [0.717, 1.165) is 16.8 Å². The summed E-state index contributed by atoms with van der Waals surface area (Å²) in [6, 6.07) is 11.2. The number of carbonyl (C=O) groups excluding carboxylic acids is 1. The Labute approximate surface area is 157 Å². The van der Waals surface area contributed by atoms with Crippen LogP contribution in [0, 0.1) is 13.8 Å². The van der Waals surface area contributed by atoms with Gasteiger partial charge < -0.3 is 14.8 Å². The molecule has 0 spiro atoms. The molecule has 0 fully saturated rings. The van der Waals surface area contributed by atoms with Crippen LogP contribution in [-0.4, -0.2) is 40.3 Å². The fourth-order valence-corrected chi connectivity index (χ4v) is 2.80. The number of benzene rings is 2. The van der Waals surface area contributed by atoms with Crippen molar-refractivity contribution in [3.8, 4) is 22.9 Å². The number of para-hydroxylation sites is 2. The summed E-state index contributed by atoms with van der Waals surface area (Å²) in [6.45, 7) is 3.85. The number of carbonyl (C=O) groups is 1. The molecule has 3 aromatic rings.